The first-order chi connectivity index (χ1) is 12.5. The average Bonchev–Trinajstić information content (AvgIpc) is 2.75. The molecular formula is C21H24N2O3. The van der Waals surface area contributed by atoms with Crippen LogP contribution in [0.15, 0.2) is 48.5 Å². The van der Waals surface area contributed by atoms with Gasteiger partial charge in [0.1, 0.15) is 5.75 Å². The van der Waals surface area contributed by atoms with Gasteiger partial charge in [0.2, 0.25) is 5.91 Å². The first-order valence-corrected chi connectivity index (χ1v) is 8.94. The van der Waals surface area contributed by atoms with E-state index in [0.29, 0.717) is 30.3 Å². The van der Waals surface area contributed by atoms with Gasteiger partial charge in [0.25, 0.3) is 5.91 Å². The molecule has 0 aromatic heterocycles. The van der Waals surface area contributed by atoms with Crippen molar-refractivity contribution in [2.45, 2.75) is 26.8 Å². The number of nitrogens with zero attached hydrogens (tertiary/aromatic N) is 1. The van der Waals surface area contributed by atoms with Crippen LogP contribution in [0, 0.1) is 5.92 Å². The second-order valence-electron chi connectivity index (χ2n) is 6.85. The maximum atomic E-state index is 12.5. The van der Waals surface area contributed by atoms with Crippen molar-refractivity contribution >= 4 is 17.5 Å². The van der Waals surface area contributed by atoms with E-state index in [1.807, 2.05) is 36.4 Å². The summed E-state index contributed by atoms with van der Waals surface area (Å²) in [5.41, 5.74) is 2.15. The summed E-state index contributed by atoms with van der Waals surface area (Å²) in [6.45, 7) is 5.45. The molecule has 0 bridgehead atoms. The fourth-order valence-corrected chi connectivity index (χ4v) is 2.84. The number of hydrogen-bond donors (Lipinski definition) is 1. The Kier molecular flexibility index (Phi) is 5.56. The first kappa shape index (κ1) is 18.0. The smallest absolute Gasteiger partial charge is 0.253 e. The average molecular weight is 352 g/mol. The first-order valence-electron chi connectivity index (χ1n) is 8.94. The maximum absolute atomic E-state index is 12.5. The Morgan fingerprint density at radius 3 is 2.54 bits per heavy atom. The number of nitrogens with one attached hydrogen (secondary N) is 1. The predicted molar refractivity (Wildman–Crippen MR) is 101 cm³/mol. The van der Waals surface area contributed by atoms with E-state index in [9.17, 15) is 9.59 Å². The highest BCUT2D eigenvalue weighted by Crippen LogP contribution is 2.25. The quantitative estimate of drug-likeness (QED) is 0.867. The third-order valence-electron chi connectivity index (χ3n) is 4.37. The van der Waals surface area contributed by atoms with Gasteiger partial charge in [-0.15, -0.1) is 0 Å². The number of carbonyl (C=O) groups excluding carboxylic acids is 2. The van der Waals surface area contributed by atoms with Crippen molar-refractivity contribution < 1.29 is 14.3 Å². The van der Waals surface area contributed by atoms with Gasteiger partial charge in [-0.3, -0.25) is 9.59 Å². The van der Waals surface area contributed by atoms with Crippen LogP contribution in [0.1, 0.15) is 36.2 Å². The molecule has 136 valence electrons. The summed E-state index contributed by atoms with van der Waals surface area (Å²) in [6.07, 6.45) is 1.02. The fourth-order valence-electron chi connectivity index (χ4n) is 2.84. The third-order valence-corrected chi connectivity index (χ3v) is 4.37. The molecule has 0 saturated carbocycles. The Hall–Kier alpha value is -2.82. The van der Waals surface area contributed by atoms with Crippen molar-refractivity contribution in [2.24, 2.45) is 5.92 Å². The molecule has 0 saturated heterocycles. The molecule has 5 nitrogen and oxygen atoms in total. The summed E-state index contributed by atoms with van der Waals surface area (Å²) < 4.78 is 5.74. The molecule has 1 aliphatic rings. The molecule has 0 atom stereocenters. The molecular weight excluding hydrogens is 328 g/mol. The van der Waals surface area contributed by atoms with Crippen LogP contribution in [-0.4, -0.2) is 25.0 Å². The van der Waals surface area contributed by atoms with Crippen LogP contribution in [0.4, 0.5) is 5.69 Å². The van der Waals surface area contributed by atoms with E-state index < -0.39 is 0 Å². The Balaban J connectivity index is 1.74. The van der Waals surface area contributed by atoms with Crippen LogP contribution < -0.4 is 15.0 Å². The number of ether oxygens (including phenoxy) is 1. The lowest BCUT2D eigenvalue weighted by molar-refractivity contribution is -0.117. The molecule has 0 radical (unpaired) electrons. The van der Waals surface area contributed by atoms with Crippen molar-refractivity contribution in [3.8, 4) is 5.75 Å². The minimum atomic E-state index is -0.217. The van der Waals surface area contributed by atoms with E-state index in [1.165, 1.54) is 0 Å². The van der Waals surface area contributed by atoms with E-state index in [1.54, 1.807) is 17.0 Å². The summed E-state index contributed by atoms with van der Waals surface area (Å²) in [5, 5.41) is 2.66. The molecule has 2 aromatic carbocycles. The minimum absolute atomic E-state index is 0.00388. The molecule has 1 heterocycles. The van der Waals surface area contributed by atoms with E-state index in [4.69, 9.17) is 4.74 Å². The van der Waals surface area contributed by atoms with Gasteiger partial charge in [-0.05, 0) is 42.2 Å². The van der Waals surface area contributed by atoms with Crippen LogP contribution >= 0.6 is 0 Å². The number of para-hydroxylation sites is 1. The van der Waals surface area contributed by atoms with Crippen LogP contribution in [0.5, 0.6) is 5.75 Å². The largest absolute Gasteiger partial charge is 0.494 e. The summed E-state index contributed by atoms with van der Waals surface area (Å²) in [5.74, 6) is 1.10. The number of anilines is 1. The maximum Gasteiger partial charge on any atom is 0.253 e. The standard InChI is InChI=1S/C21H24N2O3/c1-15(2)11-12-26-17-9-7-16(8-10-17)14-23-19-6-4-3-5-18(19)21(25)22-13-20(23)24/h3-10,15H,11-14H2,1-2H3,(H,22,25). The zero-order chi connectivity index (χ0) is 18.5. The van der Waals surface area contributed by atoms with Gasteiger partial charge in [0.15, 0.2) is 0 Å². The molecule has 5 heteroatoms. The lowest BCUT2D eigenvalue weighted by Crippen LogP contribution is -2.36. The number of benzene rings is 2. The molecule has 2 amide bonds. The Bertz CT molecular complexity index is 784. The molecule has 26 heavy (non-hydrogen) atoms. The molecule has 1 aliphatic heterocycles. The molecule has 1 N–H and O–H groups in total. The Morgan fingerprint density at radius 1 is 1.08 bits per heavy atom. The predicted octanol–water partition coefficient (Wildman–Crippen LogP) is 3.39. The SMILES string of the molecule is CC(C)CCOc1ccc(CN2C(=O)CNC(=O)c3ccccc32)cc1. The second-order valence-corrected chi connectivity index (χ2v) is 6.85. The van der Waals surface area contributed by atoms with Crippen molar-refractivity contribution in [2.75, 3.05) is 18.1 Å². The lowest BCUT2D eigenvalue weighted by Gasteiger charge is -2.22. The molecule has 0 unspecified atom stereocenters. The number of amides is 2. The Morgan fingerprint density at radius 2 is 1.81 bits per heavy atom. The van der Waals surface area contributed by atoms with Crippen molar-refractivity contribution in [1.82, 2.24) is 5.32 Å². The van der Waals surface area contributed by atoms with Crippen LogP contribution in [0.2, 0.25) is 0 Å². The monoisotopic (exact) mass is 352 g/mol. The highest BCUT2D eigenvalue weighted by molar-refractivity contribution is 6.09. The van der Waals surface area contributed by atoms with Crippen LogP contribution in [-0.2, 0) is 11.3 Å². The number of rotatable bonds is 6. The summed E-state index contributed by atoms with van der Waals surface area (Å²) in [7, 11) is 0. The van der Waals surface area contributed by atoms with Crippen LogP contribution in [0.3, 0.4) is 0 Å². The van der Waals surface area contributed by atoms with Gasteiger partial charge < -0.3 is 15.0 Å². The minimum Gasteiger partial charge on any atom is -0.494 e. The molecule has 0 aliphatic carbocycles. The fraction of sp³-hybridized carbons (Fsp3) is 0.333. The summed E-state index contributed by atoms with van der Waals surface area (Å²) in [6, 6.07) is 14.9. The van der Waals surface area contributed by atoms with Gasteiger partial charge in [-0.1, -0.05) is 38.1 Å². The summed E-state index contributed by atoms with van der Waals surface area (Å²) in [4.78, 5) is 26.3. The zero-order valence-electron chi connectivity index (χ0n) is 15.2. The normalized spacial score (nSPS) is 14.0. The van der Waals surface area contributed by atoms with Gasteiger partial charge in [0.05, 0.1) is 30.9 Å². The van der Waals surface area contributed by atoms with Crippen molar-refractivity contribution in [3.05, 3.63) is 59.7 Å². The van der Waals surface area contributed by atoms with Gasteiger partial charge in [0, 0.05) is 0 Å². The van der Waals surface area contributed by atoms with Gasteiger partial charge in [-0.2, -0.15) is 0 Å². The topological polar surface area (TPSA) is 58.6 Å². The summed E-state index contributed by atoms with van der Waals surface area (Å²) >= 11 is 0. The highest BCUT2D eigenvalue weighted by Gasteiger charge is 2.25. The molecule has 0 spiro atoms. The number of fused-ring (bicyclic) bond motifs is 1. The lowest BCUT2D eigenvalue weighted by atomic mass is 10.1. The van der Waals surface area contributed by atoms with E-state index in [2.05, 4.69) is 19.2 Å². The molecule has 0 fully saturated rings. The molecule has 2 aromatic rings. The third kappa shape index (κ3) is 4.23. The van der Waals surface area contributed by atoms with E-state index >= 15 is 0 Å². The zero-order valence-corrected chi connectivity index (χ0v) is 15.2. The highest BCUT2D eigenvalue weighted by atomic mass is 16.5. The van der Waals surface area contributed by atoms with Gasteiger partial charge in [-0.25, -0.2) is 0 Å². The molecule has 3 rings (SSSR count). The van der Waals surface area contributed by atoms with Crippen LogP contribution in [0.25, 0.3) is 0 Å². The van der Waals surface area contributed by atoms with Crippen molar-refractivity contribution in [3.63, 3.8) is 0 Å². The second kappa shape index (κ2) is 8.04. The number of carbonyl (C=O) groups is 2. The van der Waals surface area contributed by atoms with Gasteiger partial charge >= 0.3 is 0 Å². The van der Waals surface area contributed by atoms with Crippen molar-refractivity contribution in [1.29, 1.82) is 0 Å². The Labute approximate surface area is 154 Å². The van der Waals surface area contributed by atoms with E-state index in [-0.39, 0.29) is 18.4 Å². The van der Waals surface area contributed by atoms with E-state index in [0.717, 1.165) is 17.7 Å². The number of hydrogen-bond acceptors (Lipinski definition) is 3.